The van der Waals surface area contributed by atoms with Gasteiger partial charge >= 0.3 is 0 Å². The van der Waals surface area contributed by atoms with Gasteiger partial charge in [-0.25, -0.2) is 0 Å². The van der Waals surface area contributed by atoms with E-state index in [1.54, 1.807) is 0 Å². The van der Waals surface area contributed by atoms with E-state index in [1.807, 2.05) is 48.3 Å². The van der Waals surface area contributed by atoms with Gasteiger partial charge in [-0.1, -0.05) is 67.6 Å². The van der Waals surface area contributed by atoms with Gasteiger partial charge < -0.3 is 10.0 Å². The van der Waals surface area contributed by atoms with E-state index >= 15 is 0 Å². The van der Waals surface area contributed by atoms with E-state index in [-0.39, 0.29) is 24.5 Å². The Kier molecular flexibility index (Phi) is 6.07. The van der Waals surface area contributed by atoms with Gasteiger partial charge in [0.05, 0.1) is 12.6 Å². The number of carbonyl (C=O) groups excluding carboxylic acids is 1. The molecule has 0 aliphatic carbocycles. The van der Waals surface area contributed by atoms with Crippen molar-refractivity contribution in [3.05, 3.63) is 71.8 Å². The summed E-state index contributed by atoms with van der Waals surface area (Å²) in [6.07, 6.45) is 0. The predicted molar refractivity (Wildman–Crippen MR) is 104 cm³/mol. The largest absolute Gasteiger partial charge is 0.396 e. The topological polar surface area (TPSA) is 43.8 Å². The lowest BCUT2D eigenvalue weighted by Gasteiger charge is -2.30. The van der Waals surface area contributed by atoms with Gasteiger partial charge in [-0.2, -0.15) is 0 Å². The molecule has 4 heteroatoms. The molecule has 0 bridgehead atoms. The van der Waals surface area contributed by atoms with Crippen molar-refractivity contribution >= 4 is 5.91 Å². The number of aliphatic hydroxyl groups excluding tert-OH is 1. The maximum atomic E-state index is 13.0. The Hall–Kier alpha value is -2.17. The van der Waals surface area contributed by atoms with E-state index in [4.69, 9.17) is 0 Å². The molecule has 1 amide bonds. The summed E-state index contributed by atoms with van der Waals surface area (Å²) < 4.78 is 0. The summed E-state index contributed by atoms with van der Waals surface area (Å²) in [6, 6.07) is 20.2. The monoisotopic (exact) mass is 352 g/mol. The van der Waals surface area contributed by atoms with Crippen LogP contribution in [-0.4, -0.2) is 54.1 Å². The smallest absolute Gasteiger partial charge is 0.237 e. The van der Waals surface area contributed by atoms with Crippen molar-refractivity contribution in [1.82, 2.24) is 9.80 Å². The Morgan fingerprint density at radius 1 is 1.08 bits per heavy atom. The fraction of sp³-hybridized carbons (Fsp3) is 0.409. The van der Waals surface area contributed by atoms with Gasteiger partial charge in [-0.15, -0.1) is 0 Å². The van der Waals surface area contributed by atoms with Crippen LogP contribution in [0.2, 0.25) is 0 Å². The number of aliphatic hydroxyl groups is 1. The number of likely N-dealkylation sites (tertiary alicyclic amines) is 1. The van der Waals surface area contributed by atoms with Gasteiger partial charge in [-0.3, -0.25) is 9.69 Å². The third kappa shape index (κ3) is 4.14. The highest BCUT2D eigenvalue weighted by atomic mass is 16.3. The lowest BCUT2D eigenvalue weighted by molar-refractivity contribution is -0.132. The zero-order valence-electron chi connectivity index (χ0n) is 15.6. The normalized spacial score (nSPS) is 20.5. The summed E-state index contributed by atoms with van der Waals surface area (Å²) in [6.45, 7) is 4.39. The number of likely N-dealkylation sites (N-methyl/N-ethyl adjacent to an activating group) is 1. The van der Waals surface area contributed by atoms with E-state index in [1.165, 1.54) is 0 Å². The predicted octanol–water partition coefficient (Wildman–Crippen LogP) is 2.79. The van der Waals surface area contributed by atoms with Crippen LogP contribution in [0.1, 0.15) is 24.1 Å². The van der Waals surface area contributed by atoms with Crippen LogP contribution >= 0.6 is 0 Å². The van der Waals surface area contributed by atoms with E-state index in [9.17, 15) is 9.90 Å². The molecule has 0 unspecified atom stereocenters. The van der Waals surface area contributed by atoms with Crippen LogP contribution in [0.4, 0.5) is 0 Å². The van der Waals surface area contributed by atoms with Crippen LogP contribution < -0.4 is 0 Å². The fourth-order valence-electron chi connectivity index (χ4n) is 3.87. The zero-order valence-corrected chi connectivity index (χ0v) is 15.6. The molecule has 2 aromatic carbocycles. The number of carbonyl (C=O) groups is 1. The summed E-state index contributed by atoms with van der Waals surface area (Å²) in [7, 11) is 1.88. The maximum Gasteiger partial charge on any atom is 0.237 e. The quantitative estimate of drug-likeness (QED) is 0.869. The molecule has 1 N–H and O–H groups in total. The van der Waals surface area contributed by atoms with Crippen molar-refractivity contribution in [1.29, 1.82) is 0 Å². The number of amides is 1. The molecule has 2 atom stereocenters. The fourth-order valence-corrected chi connectivity index (χ4v) is 3.87. The summed E-state index contributed by atoms with van der Waals surface area (Å²) in [4.78, 5) is 17.0. The minimum atomic E-state index is -0.0986. The lowest BCUT2D eigenvalue weighted by atomic mass is 9.97. The summed E-state index contributed by atoms with van der Waals surface area (Å²) in [5, 5.41) is 9.46. The van der Waals surface area contributed by atoms with E-state index in [0.29, 0.717) is 12.5 Å². The van der Waals surface area contributed by atoms with Crippen molar-refractivity contribution in [3.8, 4) is 0 Å². The summed E-state index contributed by atoms with van der Waals surface area (Å²) in [5.41, 5.74) is 2.22. The second kappa shape index (κ2) is 8.47. The maximum absolute atomic E-state index is 13.0. The van der Waals surface area contributed by atoms with Gasteiger partial charge in [0, 0.05) is 26.7 Å². The Morgan fingerprint density at radius 3 is 2.08 bits per heavy atom. The first kappa shape index (κ1) is 18.6. The van der Waals surface area contributed by atoms with Gasteiger partial charge in [0.1, 0.15) is 0 Å². The van der Waals surface area contributed by atoms with E-state index < -0.39 is 0 Å². The number of benzene rings is 2. The van der Waals surface area contributed by atoms with Crippen molar-refractivity contribution in [2.24, 2.45) is 11.8 Å². The first-order chi connectivity index (χ1) is 12.6. The van der Waals surface area contributed by atoms with Gasteiger partial charge in [0.25, 0.3) is 0 Å². The number of hydrogen-bond acceptors (Lipinski definition) is 3. The third-order valence-corrected chi connectivity index (χ3v) is 5.45. The Bertz CT molecular complexity index is 665. The molecule has 4 nitrogen and oxygen atoms in total. The van der Waals surface area contributed by atoms with Crippen LogP contribution in [0.3, 0.4) is 0 Å². The molecule has 138 valence electrons. The first-order valence-corrected chi connectivity index (χ1v) is 9.29. The van der Waals surface area contributed by atoms with Crippen molar-refractivity contribution in [3.63, 3.8) is 0 Å². The van der Waals surface area contributed by atoms with Crippen molar-refractivity contribution < 1.29 is 9.90 Å². The van der Waals surface area contributed by atoms with Gasteiger partial charge in [0.15, 0.2) is 0 Å². The molecule has 0 radical (unpaired) electrons. The average molecular weight is 352 g/mol. The Balaban J connectivity index is 1.77. The van der Waals surface area contributed by atoms with Crippen LogP contribution in [0.25, 0.3) is 0 Å². The molecule has 26 heavy (non-hydrogen) atoms. The van der Waals surface area contributed by atoms with Crippen molar-refractivity contribution in [2.45, 2.75) is 13.0 Å². The van der Waals surface area contributed by atoms with Crippen LogP contribution in [0.5, 0.6) is 0 Å². The van der Waals surface area contributed by atoms with Gasteiger partial charge in [0.2, 0.25) is 5.91 Å². The van der Waals surface area contributed by atoms with Gasteiger partial charge in [-0.05, 0) is 23.0 Å². The molecule has 2 aromatic rings. The van der Waals surface area contributed by atoms with Crippen LogP contribution in [0, 0.1) is 11.8 Å². The highest BCUT2D eigenvalue weighted by Crippen LogP contribution is 2.28. The second-order valence-corrected chi connectivity index (χ2v) is 7.34. The zero-order chi connectivity index (χ0) is 18.5. The number of hydrogen-bond donors (Lipinski definition) is 1. The molecule has 1 aliphatic heterocycles. The minimum absolute atomic E-state index is 0.0986. The average Bonchev–Trinajstić information content (AvgIpc) is 3.03. The van der Waals surface area contributed by atoms with E-state index in [2.05, 4.69) is 36.1 Å². The number of rotatable bonds is 6. The molecule has 0 aromatic heterocycles. The second-order valence-electron chi connectivity index (χ2n) is 7.34. The highest BCUT2D eigenvalue weighted by Gasteiger charge is 2.32. The first-order valence-electron chi connectivity index (χ1n) is 9.29. The molecule has 3 rings (SSSR count). The van der Waals surface area contributed by atoms with Crippen LogP contribution in [0.15, 0.2) is 60.7 Å². The third-order valence-electron chi connectivity index (χ3n) is 5.45. The summed E-state index contributed by atoms with van der Waals surface area (Å²) in [5.74, 6) is 0.804. The molecular formula is C22H28N2O2. The molecular weight excluding hydrogens is 324 g/mol. The highest BCUT2D eigenvalue weighted by molar-refractivity contribution is 5.79. The Morgan fingerprint density at radius 2 is 1.62 bits per heavy atom. The minimum Gasteiger partial charge on any atom is -0.396 e. The van der Waals surface area contributed by atoms with Crippen LogP contribution in [-0.2, 0) is 4.79 Å². The standard InChI is InChI=1S/C22H28N2O2/c1-17-13-24(14-20(17)16-25)15-21(26)23(2)22(18-9-5-3-6-10-18)19-11-7-4-8-12-19/h3-12,17,20,22,25H,13-16H2,1-2H3/t17-,20+/m1/s1. The molecule has 1 saturated heterocycles. The van der Waals surface area contributed by atoms with Crippen molar-refractivity contribution in [2.75, 3.05) is 33.3 Å². The van der Waals surface area contributed by atoms with E-state index in [0.717, 1.165) is 24.2 Å². The SMILES string of the molecule is C[C@@H]1CN(CC(=O)N(C)C(c2ccccc2)c2ccccc2)C[C@H]1CO. The summed E-state index contributed by atoms with van der Waals surface area (Å²) >= 11 is 0. The lowest BCUT2D eigenvalue weighted by Crippen LogP contribution is -2.40. The molecule has 1 fully saturated rings. The molecule has 0 spiro atoms. The molecule has 0 saturated carbocycles. The number of nitrogens with zero attached hydrogens (tertiary/aromatic N) is 2. The molecule has 1 aliphatic rings. The Labute approximate surface area is 156 Å². The molecule has 1 heterocycles.